The van der Waals surface area contributed by atoms with Gasteiger partial charge in [-0.3, -0.25) is 9.20 Å². The number of aryl methyl sites for hydroxylation is 1. The summed E-state index contributed by atoms with van der Waals surface area (Å²) >= 11 is 0. The van der Waals surface area contributed by atoms with Crippen molar-refractivity contribution in [3.63, 3.8) is 0 Å². The van der Waals surface area contributed by atoms with E-state index >= 15 is 0 Å². The van der Waals surface area contributed by atoms with Crippen LogP contribution < -0.4 is 10.5 Å². The summed E-state index contributed by atoms with van der Waals surface area (Å²) in [4.78, 5) is 17.6. The maximum Gasteiger partial charge on any atom is 0.258 e. The van der Waals surface area contributed by atoms with Crippen molar-refractivity contribution in [3.8, 4) is 5.75 Å². The Hall–Kier alpha value is -1.88. The minimum absolute atomic E-state index is 0.145. The monoisotopic (exact) mass is 274 g/mol. The first kappa shape index (κ1) is 13.1. The molecule has 106 valence electrons. The number of likely N-dealkylation sites (tertiary alicyclic amines) is 1. The lowest BCUT2D eigenvalue weighted by molar-refractivity contribution is -0.918. The highest BCUT2D eigenvalue weighted by atomic mass is 16.3. The first-order valence-electron chi connectivity index (χ1n) is 7.19. The summed E-state index contributed by atoms with van der Waals surface area (Å²) in [6.45, 7) is 4.87. The molecule has 20 heavy (non-hydrogen) atoms. The van der Waals surface area contributed by atoms with Gasteiger partial charge in [0, 0.05) is 18.0 Å². The summed E-state index contributed by atoms with van der Waals surface area (Å²) in [5, 5.41) is 10.4. The molecule has 3 heterocycles. The van der Waals surface area contributed by atoms with Crippen LogP contribution in [0.15, 0.2) is 23.1 Å². The maximum atomic E-state index is 11.9. The lowest BCUT2D eigenvalue weighted by Gasteiger charge is -2.23. The van der Waals surface area contributed by atoms with Gasteiger partial charge in [-0.1, -0.05) is 0 Å². The van der Waals surface area contributed by atoms with Crippen LogP contribution >= 0.6 is 0 Å². The predicted octanol–water partition coefficient (Wildman–Crippen LogP) is 0.277. The molecule has 0 spiro atoms. The van der Waals surface area contributed by atoms with Crippen LogP contribution in [-0.4, -0.2) is 27.6 Å². The van der Waals surface area contributed by atoms with Crippen LogP contribution in [0.3, 0.4) is 0 Å². The van der Waals surface area contributed by atoms with Gasteiger partial charge in [0.15, 0.2) is 11.4 Å². The third-order valence-electron chi connectivity index (χ3n) is 4.02. The van der Waals surface area contributed by atoms with Crippen LogP contribution in [0.4, 0.5) is 0 Å². The molecule has 0 bridgehead atoms. The van der Waals surface area contributed by atoms with E-state index in [1.165, 1.54) is 34.6 Å². The van der Waals surface area contributed by atoms with Gasteiger partial charge in [-0.15, -0.1) is 0 Å². The molecule has 0 amide bonds. The van der Waals surface area contributed by atoms with Crippen molar-refractivity contribution in [2.45, 2.75) is 32.7 Å². The quantitative estimate of drug-likeness (QED) is 0.827. The largest absolute Gasteiger partial charge is 0.504 e. The van der Waals surface area contributed by atoms with Crippen molar-refractivity contribution in [1.82, 2.24) is 9.38 Å². The van der Waals surface area contributed by atoms with Crippen molar-refractivity contribution in [2.75, 3.05) is 13.1 Å². The van der Waals surface area contributed by atoms with E-state index in [1.54, 1.807) is 13.1 Å². The SMILES string of the molecule is Cc1cc(=O)n2ccc(C[NH+]3CCCCC3)c(O)c2n1. The number of aromatic nitrogens is 2. The molecule has 2 N–H and O–H groups in total. The van der Waals surface area contributed by atoms with Gasteiger partial charge in [0.25, 0.3) is 5.56 Å². The molecule has 0 aliphatic carbocycles. The topological polar surface area (TPSA) is 59.0 Å². The number of fused-ring (bicyclic) bond motifs is 1. The summed E-state index contributed by atoms with van der Waals surface area (Å²) in [7, 11) is 0. The van der Waals surface area contributed by atoms with Crippen LogP contribution in [0.1, 0.15) is 30.5 Å². The highest BCUT2D eigenvalue weighted by Crippen LogP contribution is 2.20. The Morgan fingerprint density at radius 1 is 1.35 bits per heavy atom. The molecule has 1 fully saturated rings. The Morgan fingerprint density at radius 3 is 2.85 bits per heavy atom. The molecule has 3 rings (SSSR count). The zero-order chi connectivity index (χ0) is 14.1. The molecule has 1 aliphatic rings. The average Bonchev–Trinajstić information content (AvgIpc) is 2.43. The molecule has 0 atom stereocenters. The minimum atomic E-state index is -0.153. The van der Waals surface area contributed by atoms with Crippen LogP contribution in [0.5, 0.6) is 5.75 Å². The summed E-state index contributed by atoms with van der Waals surface area (Å²) in [6.07, 6.45) is 5.52. The predicted molar refractivity (Wildman–Crippen MR) is 76.1 cm³/mol. The van der Waals surface area contributed by atoms with E-state index in [0.717, 1.165) is 25.2 Å². The number of pyridine rings is 1. The highest BCUT2D eigenvalue weighted by molar-refractivity contribution is 5.56. The number of nitrogens with zero attached hydrogens (tertiary/aromatic N) is 2. The van der Waals surface area contributed by atoms with Crippen molar-refractivity contribution >= 4 is 5.65 Å². The van der Waals surface area contributed by atoms with Gasteiger partial charge in [-0.2, -0.15) is 0 Å². The molecular weight excluding hydrogens is 254 g/mol. The second kappa shape index (κ2) is 5.25. The summed E-state index contributed by atoms with van der Waals surface area (Å²) in [5.41, 5.74) is 1.72. The van der Waals surface area contributed by atoms with E-state index in [2.05, 4.69) is 4.98 Å². The summed E-state index contributed by atoms with van der Waals surface area (Å²) in [5.74, 6) is 0.145. The summed E-state index contributed by atoms with van der Waals surface area (Å²) in [6, 6.07) is 3.31. The fourth-order valence-electron chi connectivity index (χ4n) is 2.94. The molecule has 0 radical (unpaired) electrons. The van der Waals surface area contributed by atoms with Gasteiger partial charge < -0.3 is 10.0 Å². The van der Waals surface area contributed by atoms with Crippen LogP contribution in [0.2, 0.25) is 0 Å². The molecular formula is C15H20N3O2+. The average molecular weight is 274 g/mol. The molecule has 1 aliphatic heterocycles. The first-order chi connectivity index (χ1) is 9.65. The number of rotatable bonds is 2. The molecule has 5 heteroatoms. The number of piperidine rings is 1. The normalized spacial score (nSPS) is 16.6. The number of hydrogen-bond donors (Lipinski definition) is 2. The van der Waals surface area contributed by atoms with Gasteiger partial charge in [-0.05, 0) is 32.3 Å². The first-order valence-corrected chi connectivity index (χ1v) is 7.19. The highest BCUT2D eigenvalue weighted by Gasteiger charge is 2.17. The molecule has 1 saturated heterocycles. The van der Waals surface area contributed by atoms with E-state index in [-0.39, 0.29) is 11.3 Å². The number of aromatic hydroxyl groups is 1. The van der Waals surface area contributed by atoms with E-state index in [4.69, 9.17) is 0 Å². The van der Waals surface area contributed by atoms with Crippen LogP contribution in [0.25, 0.3) is 5.65 Å². The lowest BCUT2D eigenvalue weighted by Crippen LogP contribution is -3.11. The molecule has 0 saturated carbocycles. The Balaban J connectivity index is 2.00. The third kappa shape index (κ3) is 2.41. The van der Waals surface area contributed by atoms with E-state index in [1.807, 2.05) is 6.07 Å². The molecule has 0 aromatic carbocycles. The fourth-order valence-corrected chi connectivity index (χ4v) is 2.94. The van der Waals surface area contributed by atoms with Crippen LogP contribution in [-0.2, 0) is 6.54 Å². The zero-order valence-electron chi connectivity index (χ0n) is 11.7. The van der Waals surface area contributed by atoms with Crippen LogP contribution in [0, 0.1) is 6.92 Å². The van der Waals surface area contributed by atoms with Crippen molar-refractivity contribution in [1.29, 1.82) is 0 Å². The maximum absolute atomic E-state index is 11.9. The van der Waals surface area contributed by atoms with Crippen molar-refractivity contribution in [2.24, 2.45) is 0 Å². The number of quaternary nitrogens is 1. The summed E-state index contributed by atoms with van der Waals surface area (Å²) < 4.78 is 1.40. The minimum Gasteiger partial charge on any atom is -0.504 e. The van der Waals surface area contributed by atoms with Gasteiger partial charge in [0.2, 0.25) is 0 Å². The third-order valence-corrected chi connectivity index (χ3v) is 4.02. The Labute approximate surface area is 117 Å². The van der Waals surface area contributed by atoms with Gasteiger partial charge in [-0.25, -0.2) is 4.98 Å². The van der Waals surface area contributed by atoms with E-state index in [0.29, 0.717) is 11.3 Å². The molecule has 0 unspecified atom stereocenters. The lowest BCUT2D eigenvalue weighted by atomic mass is 10.1. The van der Waals surface area contributed by atoms with Gasteiger partial charge in [0.1, 0.15) is 6.54 Å². The van der Waals surface area contributed by atoms with Gasteiger partial charge in [0.05, 0.1) is 18.7 Å². The molecule has 2 aromatic heterocycles. The van der Waals surface area contributed by atoms with E-state index in [9.17, 15) is 9.90 Å². The Bertz CT molecular complexity index is 687. The molecule has 2 aromatic rings. The Morgan fingerprint density at radius 2 is 2.10 bits per heavy atom. The fraction of sp³-hybridized carbons (Fsp3) is 0.467. The number of hydrogen-bond acceptors (Lipinski definition) is 3. The van der Waals surface area contributed by atoms with Gasteiger partial charge >= 0.3 is 0 Å². The van der Waals surface area contributed by atoms with Crippen molar-refractivity contribution < 1.29 is 10.0 Å². The second-order valence-corrected chi connectivity index (χ2v) is 5.61. The standard InChI is InChI=1S/C15H19N3O2/c1-11-9-13(19)18-8-5-12(14(20)15(18)16-11)10-17-6-3-2-4-7-17/h5,8-9,20H,2-4,6-7,10H2,1H3/p+1. The Kier molecular flexibility index (Phi) is 3.44. The van der Waals surface area contributed by atoms with Crippen molar-refractivity contribution in [3.05, 3.63) is 39.9 Å². The number of nitrogens with one attached hydrogen (secondary N) is 1. The smallest absolute Gasteiger partial charge is 0.258 e. The second-order valence-electron chi connectivity index (χ2n) is 5.61. The molecule has 5 nitrogen and oxygen atoms in total. The van der Waals surface area contributed by atoms with E-state index < -0.39 is 0 Å². The zero-order valence-corrected chi connectivity index (χ0v) is 11.7.